The largest absolute Gasteiger partial charge is 0.338 e. The Labute approximate surface area is 77.7 Å². The van der Waals surface area contributed by atoms with Gasteiger partial charge < -0.3 is 10.6 Å². The summed E-state index contributed by atoms with van der Waals surface area (Å²) in [6, 6.07) is 0. The Kier molecular flexibility index (Phi) is 3.63. The van der Waals surface area contributed by atoms with E-state index in [0.29, 0.717) is 6.54 Å². The van der Waals surface area contributed by atoms with E-state index in [-0.39, 0.29) is 0 Å². The van der Waals surface area contributed by atoms with Gasteiger partial charge in [-0.15, -0.1) is 0 Å². The number of aromatic nitrogens is 4. The van der Waals surface area contributed by atoms with Gasteiger partial charge in [-0.05, 0) is 16.8 Å². The van der Waals surface area contributed by atoms with Gasteiger partial charge in [0.25, 0.3) is 0 Å². The van der Waals surface area contributed by atoms with Gasteiger partial charge in [-0.1, -0.05) is 12.0 Å². The highest BCUT2D eigenvalue weighted by molar-refractivity contribution is 5.27. The van der Waals surface area contributed by atoms with E-state index in [0.717, 1.165) is 25.5 Å². The Bertz CT molecular complexity index is 239. The highest BCUT2D eigenvalue weighted by atomic mass is 15.6. The zero-order valence-corrected chi connectivity index (χ0v) is 8.14. The summed E-state index contributed by atoms with van der Waals surface area (Å²) < 4.78 is 1.66. The van der Waals surface area contributed by atoms with Gasteiger partial charge in [0.1, 0.15) is 0 Å². The van der Waals surface area contributed by atoms with E-state index in [2.05, 4.69) is 27.3 Å². The van der Waals surface area contributed by atoms with Crippen molar-refractivity contribution in [1.29, 1.82) is 0 Å². The third kappa shape index (κ3) is 2.38. The molecule has 0 fully saturated rings. The van der Waals surface area contributed by atoms with Gasteiger partial charge in [0.2, 0.25) is 5.95 Å². The molecule has 0 aliphatic carbocycles. The number of tetrazole rings is 1. The van der Waals surface area contributed by atoms with E-state index < -0.39 is 0 Å². The molecule has 0 saturated heterocycles. The number of aryl methyl sites for hydroxylation is 1. The number of hydrogen-bond donors (Lipinski definition) is 1. The van der Waals surface area contributed by atoms with Crippen molar-refractivity contribution in [3.8, 4) is 0 Å². The van der Waals surface area contributed by atoms with Crippen LogP contribution in [0.25, 0.3) is 0 Å². The smallest absolute Gasteiger partial charge is 0.245 e. The van der Waals surface area contributed by atoms with Crippen molar-refractivity contribution in [3.63, 3.8) is 0 Å². The van der Waals surface area contributed by atoms with Crippen molar-refractivity contribution in [2.75, 3.05) is 24.5 Å². The van der Waals surface area contributed by atoms with Crippen LogP contribution in [-0.4, -0.2) is 39.8 Å². The van der Waals surface area contributed by atoms with E-state index >= 15 is 0 Å². The quantitative estimate of drug-likeness (QED) is 0.660. The van der Waals surface area contributed by atoms with Crippen molar-refractivity contribution in [1.82, 2.24) is 20.2 Å². The molecule has 0 aromatic carbocycles. The lowest BCUT2D eigenvalue weighted by atomic mass is 10.4. The molecule has 2 N–H and O–H groups in total. The Balaban J connectivity index is 2.69. The first-order chi connectivity index (χ1) is 6.29. The molecule has 1 aromatic heterocycles. The van der Waals surface area contributed by atoms with Gasteiger partial charge in [0, 0.05) is 26.7 Å². The second-order valence-corrected chi connectivity index (χ2v) is 2.88. The van der Waals surface area contributed by atoms with Crippen molar-refractivity contribution in [2.45, 2.75) is 13.3 Å². The number of nitrogens with zero attached hydrogens (tertiary/aromatic N) is 5. The van der Waals surface area contributed by atoms with Crippen LogP contribution in [0.15, 0.2) is 0 Å². The van der Waals surface area contributed by atoms with Crippen LogP contribution in [0.2, 0.25) is 0 Å². The van der Waals surface area contributed by atoms with E-state index in [1.165, 1.54) is 0 Å². The molecule has 6 heteroatoms. The van der Waals surface area contributed by atoms with Crippen molar-refractivity contribution in [3.05, 3.63) is 0 Å². The average molecular weight is 184 g/mol. The average Bonchev–Trinajstić information content (AvgIpc) is 2.51. The van der Waals surface area contributed by atoms with Gasteiger partial charge >= 0.3 is 0 Å². The molecule has 1 aromatic rings. The highest BCUT2D eigenvalue weighted by Crippen LogP contribution is 2.05. The van der Waals surface area contributed by atoms with Crippen LogP contribution in [0.4, 0.5) is 5.95 Å². The fourth-order valence-electron chi connectivity index (χ4n) is 1.23. The Morgan fingerprint density at radius 3 is 2.69 bits per heavy atom. The Hall–Kier alpha value is -1.17. The third-order valence-corrected chi connectivity index (χ3v) is 1.77. The molecule has 0 amide bonds. The van der Waals surface area contributed by atoms with E-state index in [4.69, 9.17) is 5.73 Å². The molecule has 6 nitrogen and oxygen atoms in total. The summed E-state index contributed by atoms with van der Waals surface area (Å²) >= 11 is 0. The van der Waals surface area contributed by atoms with Gasteiger partial charge in [0.15, 0.2) is 0 Å². The van der Waals surface area contributed by atoms with Gasteiger partial charge in [0.05, 0.1) is 0 Å². The Morgan fingerprint density at radius 2 is 2.23 bits per heavy atom. The van der Waals surface area contributed by atoms with Gasteiger partial charge in [-0.3, -0.25) is 0 Å². The van der Waals surface area contributed by atoms with Crippen molar-refractivity contribution >= 4 is 5.95 Å². The first-order valence-electron chi connectivity index (χ1n) is 4.47. The lowest BCUT2D eigenvalue weighted by Crippen LogP contribution is -2.32. The first kappa shape index (κ1) is 9.91. The van der Waals surface area contributed by atoms with Gasteiger partial charge in [-0.2, -0.15) is 0 Å². The second-order valence-electron chi connectivity index (χ2n) is 2.88. The summed E-state index contributed by atoms with van der Waals surface area (Å²) in [6.45, 7) is 4.47. The van der Waals surface area contributed by atoms with Gasteiger partial charge in [-0.25, -0.2) is 4.68 Å². The molecular weight excluding hydrogens is 168 g/mol. The fourth-order valence-corrected chi connectivity index (χ4v) is 1.23. The van der Waals surface area contributed by atoms with E-state index in [9.17, 15) is 0 Å². The Morgan fingerprint density at radius 1 is 1.46 bits per heavy atom. The first-order valence-corrected chi connectivity index (χ1v) is 4.47. The molecule has 0 spiro atoms. The number of nitrogens with two attached hydrogens (primary N) is 1. The number of anilines is 1. The molecule has 0 saturated carbocycles. The second kappa shape index (κ2) is 4.76. The fraction of sp³-hybridized carbons (Fsp3) is 0.857. The summed E-state index contributed by atoms with van der Waals surface area (Å²) in [5.41, 5.74) is 5.50. The molecule has 0 atom stereocenters. The van der Waals surface area contributed by atoms with Crippen LogP contribution in [0.1, 0.15) is 13.3 Å². The van der Waals surface area contributed by atoms with Crippen molar-refractivity contribution < 1.29 is 0 Å². The van der Waals surface area contributed by atoms with Crippen LogP contribution in [-0.2, 0) is 7.05 Å². The molecule has 1 rings (SSSR count). The molecule has 0 aliphatic rings. The maximum absolute atomic E-state index is 5.50. The molecule has 13 heavy (non-hydrogen) atoms. The summed E-state index contributed by atoms with van der Waals surface area (Å²) in [6.07, 6.45) is 1.06. The minimum absolute atomic E-state index is 0.618. The molecule has 0 bridgehead atoms. The maximum atomic E-state index is 5.50. The van der Waals surface area contributed by atoms with Crippen LogP contribution in [0, 0.1) is 0 Å². The van der Waals surface area contributed by atoms with E-state index in [1.807, 2.05) is 7.05 Å². The summed E-state index contributed by atoms with van der Waals surface area (Å²) in [4.78, 5) is 2.08. The molecule has 1 heterocycles. The minimum atomic E-state index is 0.618. The molecule has 0 unspecified atom stereocenters. The summed E-state index contributed by atoms with van der Waals surface area (Å²) in [5.74, 6) is 0.785. The summed E-state index contributed by atoms with van der Waals surface area (Å²) in [7, 11) is 1.83. The monoisotopic (exact) mass is 184 g/mol. The lowest BCUT2D eigenvalue weighted by molar-refractivity contribution is 0.670. The number of rotatable bonds is 5. The minimum Gasteiger partial charge on any atom is -0.338 e. The zero-order valence-electron chi connectivity index (χ0n) is 8.14. The van der Waals surface area contributed by atoms with Crippen molar-refractivity contribution in [2.24, 2.45) is 12.8 Å². The lowest BCUT2D eigenvalue weighted by Gasteiger charge is -2.20. The molecule has 74 valence electrons. The summed E-state index contributed by atoms with van der Waals surface area (Å²) in [5, 5.41) is 11.3. The maximum Gasteiger partial charge on any atom is 0.245 e. The standard InChI is InChI=1S/C7H16N6/c1-3-5-13(6-4-8)7-9-10-11-12(7)2/h3-6,8H2,1-2H3. The van der Waals surface area contributed by atoms with Crippen LogP contribution in [0.5, 0.6) is 0 Å². The van der Waals surface area contributed by atoms with Crippen LogP contribution < -0.4 is 10.6 Å². The number of hydrogen-bond acceptors (Lipinski definition) is 5. The molecular formula is C7H16N6. The predicted molar refractivity (Wildman–Crippen MR) is 50.4 cm³/mol. The van der Waals surface area contributed by atoms with E-state index in [1.54, 1.807) is 4.68 Å². The topological polar surface area (TPSA) is 72.9 Å². The highest BCUT2D eigenvalue weighted by Gasteiger charge is 2.10. The normalized spacial score (nSPS) is 10.4. The SMILES string of the molecule is CCCN(CCN)c1nnnn1C. The predicted octanol–water partition coefficient (Wildman–Crippen LogP) is -0.615. The third-order valence-electron chi connectivity index (χ3n) is 1.77. The zero-order chi connectivity index (χ0) is 9.68. The van der Waals surface area contributed by atoms with Crippen LogP contribution >= 0.6 is 0 Å². The molecule has 0 aliphatic heterocycles. The molecule has 0 radical (unpaired) electrons. The van der Waals surface area contributed by atoms with Crippen LogP contribution in [0.3, 0.4) is 0 Å².